The minimum absolute atomic E-state index is 0.0867. The highest BCUT2D eigenvalue weighted by Gasteiger charge is 2.11. The fraction of sp³-hybridized carbons (Fsp3) is 0.294. The van der Waals surface area contributed by atoms with Gasteiger partial charge in [-0.15, -0.1) is 5.10 Å². The maximum Gasteiger partial charge on any atom is 0.315 e. The molecule has 136 valence electrons. The van der Waals surface area contributed by atoms with Crippen LogP contribution in [-0.4, -0.2) is 52.5 Å². The second-order valence-electron chi connectivity index (χ2n) is 5.90. The number of aromatic nitrogens is 3. The third-order valence-electron chi connectivity index (χ3n) is 3.78. The Labute approximate surface area is 149 Å². The normalized spacial score (nSPS) is 10.7. The van der Waals surface area contributed by atoms with Crippen molar-refractivity contribution in [3.05, 3.63) is 47.9 Å². The van der Waals surface area contributed by atoms with Gasteiger partial charge in [0.25, 0.3) is 5.91 Å². The number of carbonyl (C=O) groups is 2. The Morgan fingerprint density at radius 3 is 2.81 bits per heavy atom. The van der Waals surface area contributed by atoms with Crippen LogP contribution in [0.15, 0.2) is 41.0 Å². The highest BCUT2D eigenvalue weighted by molar-refractivity contribution is 5.97. The van der Waals surface area contributed by atoms with E-state index in [0.29, 0.717) is 36.5 Å². The molecule has 0 radical (unpaired) electrons. The van der Waals surface area contributed by atoms with Crippen molar-refractivity contribution >= 4 is 23.0 Å². The van der Waals surface area contributed by atoms with Crippen LogP contribution in [0, 0.1) is 0 Å². The van der Waals surface area contributed by atoms with E-state index in [0.717, 1.165) is 5.52 Å². The predicted octanol–water partition coefficient (Wildman–Crippen LogP) is 1.23. The largest absolute Gasteiger partial charge is 0.467 e. The van der Waals surface area contributed by atoms with Gasteiger partial charge >= 0.3 is 6.03 Å². The van der Waals surface area contributed by atoms with Gasteiger partial charge in [0.2, 0.25) is 0 Å². The fourth-order valence-corrected chi connectivity index (χ4v) is 2.45. The maximum atomic E-state index is 12.0. The van der Waals surface area contributed by atoms with Crippen molar-refractivity contribution in [2.45, 2.75) is 13.1 Å². The van der Waals surface area contributed by atoms with Crippen molar-refractivity contribution in [1.82, 2.24) is 30.5 Å². The molecule has 9 heteroatoms. The topological polar surface area (TPSA) is 105 Å². The van der Waals surface area contributed by atoms with Crippen LogP contribution >= 0.6 is 0 Å². The Morgan fingerprint density at radius 2 is 2.08 bits per heavy atom. The van der Waals surface area contributed by atoms with Gasteiger partial charge in [-0.3, -0.25) is 4.79 Å². The number of nitrogens with one attached hydrogen (secondary N) is 2. The molecule has 2 N–H and O–H groups in total. The number of hydrogen-bond acceptors (Lipinski definition) is 5. The van der Waals surface area contributed by atoms with Gasteiger partial charge in [0.15, 0.2) is 0 Å². The zero-order valence-corrected chi connectivity index (χ0v) is 14.6. The molecule has 1 aromatic carbocycles. The van der Waals surface area contributed by atoms with E-state index in [4.69, 9.17) is 4.42 Å². The molecule has 0 aliphatic carbocycles. The van der Waals surface area contributed by atoms with Gasteiger partial charge in [0, 0.05) is 26.2 Å². The van der Waals surface area contributed by atoms with Gasteiger partial charge in [0.1, 0.15) is 11.3 Å². The molecule has 3 amide bonds. The molecule has 3 rings (SSSR count). The second kappa shape index (κ2) is 7.68. The lowest BCUT2D eigenvalue weighted by Gasteiger charge is -2.10. The van der Waals surface area contributed by atoms with Gasteiger partial charge in [0.05, 0.1) is 24.9 Å². The summed E-state index contributed by atoms with van der Waals surface area (Å²) in [6, 6.07) is 8.53. The van der Waals surface area contributed by atoms with Crippen LogP contribution in [0.4, 0.5) is 4.79 Å². The molecular weight excluding hydrogens is 336 g/mol. The number of benzene rings is 1. The Kier molecular flexibility index (Phi) is 5.16. The highest BCUT2D eigenvalue weighted by Crippen LogP contribution is 2.14. The Morgan fingerprint density at radius 1 is 1.23 bits per heavy atom. The first-order valence-corrected chi connectivity index (χ1v) is 8.13. The van der Waals surface area contributed by atoms with Crippen LogP contribution < -0.4 is 10.6 Å². The Bertz CT molecular complexity index is 901. The molecule has 2 aromatic heterocycles. The monoisotopic (exact) mass is 356 g/mol. The standard InChI is InChI=1S/C17H20N6O3/c1-22(2)16(24)12-5-6-15-14(10-12)20-21-23(15)8-7-18-17(25)19-11-13-4-3-9-26-13/h3-6,9-10H,7-8,11H2,1-2H3,(H2,18,19,25). The number of rotatable bonds is 6. The minimum Gasteiger partial charge on any atom is -0.467 e. The van der Waals surface area contributed by atoms with E-state index in [2.05, 4.69) is 20.9 Å². The molecule has 26 heavy (non-hydrogen) atoms. The van der Waals surface area contributed by atoms with Crippen LogP contribution in [0.5, 0.6) is 0 Å². The van der Waals surface area contributed by atoms with E-state index < -0.39 is 0 Å². The molecule has 3 aromatic rings. The molecular formula is C17H20N6O3. The Balaban J connectivity index is 1.54. The average molecular weight is 356 g/mol. The second-order valence-corrected chi connectivity index (χ2v) is 5.90. The molecule has 0 spiro atoms. The molecule has 0 bridgehead atoms. The molecule has 0 saturated heterocycles. The first kappa shape index (κ1) is 17.5. The van der Waals surface area contributed by atoms with E-state index in [-0.39, 0.29) is 11.9 Å². The lowest BCUT2D eigenvalue weighted by atomic mass is 10.2. The van der Waals surface area contributed by atoms with Crippen molar-refractivity contribution < 1.29 is 14.0 Å². The van der Waals surface area contributed by atoms with Crippen molar-refractivity contribution in [2.75, 3.05) is 20.6 Å². The van der Waals surface area contributed by atoms with E-state index in [9.17, 15) is 9.59 Å². The van der Waals surface area contributed by atoms with Crippen LogP contribution in [0.25, 0.3) is 11.0 Å². The number of furan rings is 1. The van der Waals surface area contributed by atoms with Crippen LogP contribution in [0.2, 0.25) is 0 Å². The van der Waals surface area contributed by atoms with Gasteiger partial charge in [-0.25, -0.2) is 9.48 Å². The van der Waals surface area contributed by atoms with E-state index in [1.54, 1.807) is 49.3 Å². The number of amides is 3. The first-order valence-electron chi connectivity index (χ1n) is 8.13. The molecule has 0 aliphatic rings. The van der Waals surface area contributed by atoms with Crippen molar-refractivity contribution in [3.63, 3.8) is 0 Å². The molecule has 0 fully saturated rings. The van der Waals surface area contributed by atoms with Crippen molar-refractivity contribution in [1.29, 1.82) is 0 Å². The number of urea groups is 1. The number of nitrogens with zero attached hydrogens (tertiary/aromatic N) is 4. The third-order valence-corrected chi connectivity index (χ3v) is 3.78. The van der Waals surface area contributed by atoms with Crippen LogP contribution in [-0.2, 0) is 13.1 Å². The zero-order chi connectivity index (χ0) is 18.5. The summed E-state index contributed by atoms with van der Waals surface area (Å²) >= 11 is 0. The molecule has 0 aliphatic heterocycles. The molecule has 0 unspecified atom stereocenters. The molecule has 0 saturated carbocycles. The van der Waals surface area contributed by atoms with Crippen LogP contribution in [0.1, 0.15) is 16.1 Å². The average Bonchev–Trinajstić information content (AvgIpc) is 3.28. The van der Waals surface area contributed by atoms with Gasteiger partial charge in [-0.2, -0.15) is 0 Å². The summed E-state index contributed by atoms with van der Waals surface area (Å²) in [6.45, 7) is 1.18. The fourth-order valence-electron chi connectivity index (χ4n) is 2.45. The highest BCUT2D eigenvalue weighted by atomic mass is 16.3. The number of fused-ring (bicyclic) bond motifs is 1. The lowest BCUT2D eigenvalue weighted by molar-refractivity contribution is 0.0827. The molecule has 2 heterocycles. The van der Waals surface area contributed by atoms with Gasteiger partial charge in [-0.1, -0.05) is 5.21 Å². The van der Waals surface area contributed by atoms with E-state index in [1.165, 1.54) is 4.90 Å². The van der Waals surface area contributed by atoms with Crippen LogP contribution in [0.3, 0.4) is 0 Å². The first-order chi connectivity index (χ1) is 12.5. The Hall–Kier alpha value is -3.36. The summed E-state index contributed by atoms with van der Waals surface area (Å²) in [5.41, 5.74) is 2.00. The van der Waals surface area contributed by atoms with Gasteiger partial charge in [-0.05, 0) is 30.3 Å². The van der Waals surface area contributed by atoms with Gasteiger partial charge < -0.3 is 20.0 Å². The minimum atomic E-state index is -0.287. The number of carbonyl (C=O) groups excluding carboxylic acids is 2. The van der Waals surface area contributed by atoms with E-state index >= 15 is 0 Å². The number of hydrogen-bond donors (Lipinski definition) is 2. The maximum absolute atomic E-state index is 12.0. The molecule has 0 atom stereocenters. The quantitative estimate of drug-likeness (QED) is 0.691. The summed E-state index contributed by atoms with van der Waals surface area (Å²) in [4.78, 5) is 25.3. The summed E-state index contributed by atoms with van der Waals surface area (Å²) in [6.07, 6.45) is 1.56. The summed E-state index contributed by atoms with van der Waals surface area (Å²) < 4.78 is 6.83. The smallest absolute Gasteiger partial charge is 0.315 e. The van der Waals surface area contributed by atoms with E-state index in [1.807, 2.05) is 6.07 Å². The summed E-state index contributed by atoms with van der Waals surface area (Å²) in [5.74, 6) is 0.599. The third kappa shape index (κ3) is 4.00. The zero-order valence-electron chi connectivity index (χ0n) is 14.6. The SMILES string of the molecule is CN(C)C(=O)c1ccc2c(c1)nnn2CCNC(=O)NCc1ccco1. The predicted molar refractivity (Wildman–Crippen MR) is 94.5 cm³/mol. The van der Waals surface area contributed by atoms with Crippen molar-refractivity contribution in [3.8, 4) is 0 Å². The summed E-state index contributed by atoms with van der Waals surface area (Å²) in [7, 11) is 3.40. The van der Waals surface area contributed by atoms with Crippen molar-refractivity contribution in [2.24, 2.45) is 0 Å². The lowest BCUT2D eigenvalue weighted by Crippen LogP contribution is -2.36. The molecule has 9 nitrogen and oxygen atoms in total. The summed E-state index contributed by atoms with van der Waals surface area (Å²) in [5, 5.41) is 13.6.